The van der Waals surface area contributed by atoms with Crippen LogP contribution in [0.25, 0.3) is 6.08 Å². The maximum absolute atomic E-state index is 12.7. The largest absolute Gasteiger partial charge is 0.379 e. The molecule has 0 aliphatic carbocycles. The summed E-state index contributed by atoms with van der Waals surface area (Å²) in [6.45, 7) is 4.05. The summed E-state index contributed by atoms with van der Waals surface area (Å²) >= 11 is 7.61. The number of hydrogen-bond acceptors (Lipinski definition) is 6. The second-order valence-electron chi connectivity index (χ2n) is 7.04. The van der Waals surface area contributed by atoms with Crippen molar-refractivity contribution in [2.75, 3.05) is 0 Å². The third kappa shape index (κ3) is 5.19. The lowest BCUT2D eigenvalue weighted by Gasteiger charge is -2.32. The van der Waals surface area contributed by atoms with Gasteiger partial charge < -0.3 is 5.73 Å². The van der Waals surface area contributed by atoms with E-state index in [9.17, 15) is 13.6 Å². The van der Waals surface area contributed by atoms with Crippen LogP contribution in [0.3, 0.4) is 0 Å². The van der Waals surface area contributed by atoms with E-state index >= 15 is 0 Å². The van der Waals surface area contributed by atoms with Crippen molar-refractivity contribution in [2.24, 2.45) is 10.7 Å². The quantitative estimate of drug-likeness (QED) is 0.677. The molecule has 0 unspecified atom stereocenters. The third-order valence-corrected chi connectivity index (χ3v) is 5.70. The Hall–Kier alpha value is -2.32. The van der Waals surface area contributed by atoms with Crippen LogP contribution in [0.1, 0.15) is 47.6 Å². The van der Waals surface area contributed by atoms with Gasteiger partial charge in [0.2, 0.25) is 0 Å². The molecule has 2 aromatic heterocycles. The summed E-state index contributed by atoms with van der Waals surface area (Å²) in [5, 5.41) is 0.848. The average molecular weight is 437 g/mol. The Labute approximate surface area is 176 Å². The smallest absolute Gasteiger partial charge is 0.270 e. The maximum atomic E-state index is 12.7. The molecular weight excluding hydrogens is 418 g/mol. The summed E-state index contributed by atoms with van der Waals surface area (Å²) in [4.78, 5) is 25.6. The predicted molar refractivity (Wildman–Crippen MR) is 112 cm³/mol. The molecule has 2 atom stereocenters. The van der Waals surface area contributed by atoms with E-state index in [0.29, 0.717) is 16.5 Å². The van der Waals surface area contributed by atoms with Gasteiger partial charge in [-0.1, -0.05) is 30.3 Å². The Morgan fingerprint density at radius 2 is 2.17 bits per heavy atom. The highest BCUT2D eigenvalue weighted by Crippen LogP contribution is 2.38. The average Bonchev–Trinajstić information content (AvgIpc) is 2.60. The molecule has 9 heteroatoms. The molecule has 152 valence electrons. The van der Waals surface area contributed by atoms with Crippen LogP contribution < -0.4 is 5.73 Å². The van der Waals surface area contributed by atoms with E-state index in [1.807, 2.05) is 13.0 Å². The summed E-state index contributed by atoms with van der Waals surface area (Å²) in [6, 6.07) is 4.86. The first-order valence-corrected chi connectivity index (χ1v) is 10.1. The van der Waals surface area contributed by atoms with Gasteiger partial charge in [-0.2, -0.15) is 8.78 Å². The molecule has 0 bridgehead atoms. The molecule has 1 aliphatic rings. The highest BCUT2D eigenvalue weighted by molar-refractivity contribution is 8.14. The summed E-state index contributed by atoms with van der Waals surface area (Å²) in [7, 11) is 0. The minimum Gasteiger partial charge on any atom is -0.379 e. The van der Waals surface area contributed by atoms with E-state index in [1.165, 1.54) is 24.0 Å². The van der Waals surface area contributed by atoms with Gasteiger partial charge in [-0.15, -0.1) is 0 Å². The summed E-state index contributed by atoms with van der Waals surface area (Å²) in [5.41, 5.74) is 7.02. The van der Waals surface area contributed by atoms with E-state index < -0.39 is 11.6 Å². The van der Waals surface area contributed by atoms with Crippen molar-refractivity contribution < 1.29 is 13.6 Å². The van der Waals surface area contributed by atoms with E-state index in [2.05, 4.69) is 21.9 Å². The fourth-order valence-corrected chi connectivity index (χ4v) is 4.65. The fourth-order valence-electron chi connectivity index (χ4n) is 3.30. The number of carbonyl (C=O) groups excluding carboxylic acids is 1. The van der Waals surface area contributed by atoms with Crippen molar-refractivity contribution in [1.29, 1.82) is 0 Å². The molecule has 3 rings (SSSR count). The zero-order valence-corrected chi connectivity index (χ0v) is 17.4. The van der Waals surface area contributed by atoms with Gasteiger partial charge in [0.15, 0.2) is 11.0 Å². The van der Waals surface area contributed by atoms with Crippen LogP contribution >= 0.6 is 23.4 Å². The topological polar surface area (TPSA) is 81.2 Å². The summed E-state index contributed by atoms with van der Waals surface area (Å²) in [5.74, 6) is -0.316. The van der Waals surface area contributed by atoms with Crippen LogP contribution in [0.4, 0.5) is 8.78 Å². The van der Waals surface area contributed by atoms with Crippen molar-refractivity contribution in [3.63, 3.8) is 0 Å². The van der Waals surface area contributed by atoms with Crippen LogP contribution in [0.5, 0.6) is 0 Å². The van der Waals surface area contributed by atoms with Gasteiger partial charge in [-0.25, -0.2) is 4.99 Å². The number of rotatable bonds is 5. The second-order valence-corrected chi connectivity index (χ2v) is 8.90. The van der Waals surface area contributed by atoms with Gasteiger partial charge in [-0.3, -0.25) is 14.8 Å². The standard InChI is InChI=1S/C20H19ClF2N4OS/c1-11-9-20(2,27-19(24)29-11)16-7-12(3-4-25-16)6-15(28)18-14(21)5-13(10-26-18)8-17(22)23/h3-5,7-8,10-11H,6,9H2,1-2H3,(H2,24,27)/t11-,20+/m1/s1. The number of amidine groups is 1. The molecular formula is C20H19ClF2N4OS. The molecule has 0 saturated carbocycles. The molecule has 0 aromatic carbocycles. The van der Waals surface area contributed by atoms with Crippen molar-refractivity contribution in [1.82, 2.24) is 9.97 Å². The van der Waals surface area contributed by atoms with Crippen molar-refractivity contribution >= 4 is 40.4 Å². The molecule has 2 aromatic rings. The number of ketones is 1. The molecule has 0 amide bonds. The van der Waals surface area contributed by atoms with E-state index in [0.717, 1.165) is 17.7 Å². The van der Waals surface area contributed by atoms with Crippen molar-refractivity contribution in [3.05, 3.63) is 64.2 Å². The monoisotopic (exact) mass is 436 g/mol. The van der Waals surface area contributed by atoms with Crippen LogP contribution in [-0.2, 0) is 12.0 Å². The Kier molecular flexibility index (Phi) is 6.33. The Balaban J connectivity index is 1.83. The van der Waals surface area contributed by atoms with Crippen LogP contribution in [-0.4, -0.2) is 26.2 Å². The lowest BCUT2D eigenvalue weighted by molar-refractivity contribution is 0.0988. The fraction of sp³-hybridized carbons (Fsp3) is 0.300. The number of halogens is 3. The number of Topliss-reactive ketones (excluding diaryl/α,β-unsaturated/α-hetero) is 1. The first-order chi connectivity index (χ1) is 13.7. The van der Waals surface area contributed by atoms with Crippen molar-refractivity contribution in [2.45, 2.75) is 37.5 Å². The molecule has 5 nitrogen and oxygen atoms in total. The highest BCUT2D eigenvalue weighted by atomic mass is 35.5. The molecule has 0 saturated heterocycles. The molecule has 1 aliphatic heterocycles. The molecule has 3 heterocycles. The van der Waals surface area contributed by atoms with Crippen LogP contribution in [0.15, 0.2) is 41.7 Å². The van der Waals surface area contributed by atoms with Gasteiger partial charge in [0.05, 0.1) is 10.7 Å². The zero-order valence-electron chi connectivity index (χ0n) is 15.8. The summed E-state index contributed by atoms with van der Waals surface area (Å²) < 4.78 is 24.7. The van der Waals surface area contributed by atoms with Gasteiger partial charge in [-0.05, 0) is 42.7 Å². The van der Waals surface area contributed by atoms with E-state index in [-0.39, 0.29) is 28.5 Å². The van der Waals surface area contributed by atoms with Crippen LogP contribution in [0.2, 0.25) is 5.02 Å². The molecule has 0 fully saturated rings. The SMILES string of the molecule is C[C@@H]1C[C@@](C)(c2cc(CC(=O)c3ncc(C=C(F)F)cc3Cl)ccn2)N=C(N)S1. The normalized spacial score (nSPS) is 21.4. The zero-order chi connectivity index (χ0) is 21.2. The lowest BCUT2D eigenvalue weighted by atomic mass is 9.90. The van der Waals surface area contributed by atoms with E-state index in [4.69, 9.17) is 17.3 Å². The number of aromatic nitrogens is 2. The molecule has 2 N–H and O–H groups in total. The van der Waals surface area contributed by atoms with Crippen LogP contribution in [0, 0.1) is 0 Å². The second kappa shape index (κ2) is 8.59. The van der Waals surface area contributed by atoms with E-state index in [1.54, 1.807) is 12.3 Å². The number of nitrogens with zero attached hydrogens (tertiary/aromatic N) is 3. The van der Waals surface area contributed by atoms with Gasteiger partial charge >= 0.3 is 0 Å². The summed E-state index contributed by atoms with van der Waals surface area (Å²) in [6.07, 6.45) is 2.42. The van der Waals surface area contributed by atoms with Crippen molar-refractivity contribution in [3.8, 4) is 0 Å². The Bertz CT molecular complexity index is 1010. The highest BCUT2D eigenvalue weighted by Gasteiger charge is 2.34. The third-order valence-electron chi connectivity index (χ3n) is 4.51. The number of thioether (sulfide) groups is 1. The number of aliphatic imine (C=N–C) groups is 1. The van der Waals surface area contributed by atoms with Gasteiger partial charge in [0.1, 0.15) is 11.2 Å². The minimum atomic E-state index is -1.86. The number of pyridine rings is 2. The maximum Gasteiger partial charge on any atom is 0.270 e. The minimum absolute atomic E-state index is 0.0294. The number of nitrogens with two attached hydrogens (primary N) is 1. The molecule has 0 radical (unpaired) electrons. The Morgan fingerprint density at radius 1 is 1.41 bits per heavy atom. The Morgan fingerprint density at radius 3 is 2.83 bits per heavy atom. The lowest BCUT2D eigenvalue weighted by Crippen LogP contribution is -2.33. The first-order valence-electron chi connectivity index (χ1n) is 8.85. The molecule has 0 spiro atoms. The number of carbonyl (C=O) groups is 1. The van der Waals surface area contributed by atoms with Gasteiger partial charge in [0.25, 0.3) is 6.08 Å². The van der Waals surface area contributed by atoms with Gasteiger partial charge in [0, 0.05) is 30.1 Å². The predicted octanol–water partition coefficient (Wildman–Crippen LogP) is 4.85. The number of hydrogen-bond donors (Lipinski definition) is 1. The molecule has 29 heavy (non-hydrogen) atoms. The first kappa shape index (κ1) is 21.4.